The Hall–Kier alpha value is 0.680. The van der Waals surface area contributed by atoms with E-state index in [4.69, 9.17) is 0 Å². The van der Waals surface area contributed by atoms with Gasteiger partial charge in [-0.25, -0.2) is 0 Å². The summed E-state index contributed by atoms with van der Waals surface area (Å²) in [6.07, 6.45) is 18.1. The van der Waals surface area contributed by atoms with Gasteiger partial charge in [-0.05, 0) is 24.5 Å². The first-order chi connectivity index (χ1) is 11.6. The average Bonchev–Trinajstić information content (AvgIpc) is 2.53. The van der Waals surface area contributed by atoms with E-state index in [-0.39, 0.29) is 71.1 Å². The molecule has 0 atom stereocenters. The molecule has 0 aliphatic heterocycles. The number of hydrogen-bond donors (Lipinski definition) is 0. The molecule has 0 aliphatic carbocycles. The fraction of sp³-hybridized carbons (Fsp3) is 0.800. The Kier molecular flexibility index (Phi) is 28.6. The van der Waals surface area contributed by atoms with Gasteiger partial charge in [-0.2, -0.15) is 0 Å². The Morgan fingerprint density at radius 1 is 0.654 bits per heavy atom. The van der Waals surface area contributed by atoms with Crippen molar-refractivity contribution >= 4 is 11.9 Å². The standard InChI is InChI=1S/C20H36O4.2Na/c1-2-3-4-5-6-7-8-9-10-11-12-13-14-15-16-18(20(23)24)17-19(21)22;;/h17H,2-16H2,1H3,(H,21,22)(H,23,24);;/q;2*+1/p-2/b18-17-;;. The summed E-state index contributed by atoms with van der Waals surface area (Å²) in [6.45, 7) is 2.24. The monoisotopic (exact) mass is 384 g/mol. The largest absolute Gasteiger partial charge is 1.00 e. The van der Waals surface area contributed by atoms with Gasteiger partial charge < -0.3 is 19.8 Å². The molecule has 0 aromatic rings. The predicted molar refractivity (Wildman–Crippen MR) is 93.0 cm³/mol. The zero-order valence-corrected chi connectivity index (χ0v) is 21.3. The molecule has 26 heavy (non-hydrogen) atoms. The maximum atomic E-state index is 10.7. The third-order valence-corrected chi connectivity index (χ3v) is 4.35. The zero-order chi connectivity index (χ0) is 18.0. The summed E-state index contributed by atoms with van der Waals surface area (Å²) in [6, 6.07) is 0. The Balaban J connectivity index is -0.00000264. The second-order valence-corrected chi connectivity index (χ2v) is 6.62. The summed E-state index contributed by atoms with van der Waals surface area (Å²) >= 11 is 0. The van der Waals surface area contributed by atoms with Gasteiger partial charge >= 0.3 is 59.1 Å². The molecule has 0 spiro atoms. The first kappa shape index (κ1) is 31.4. The Labute approximate surface area is 204 Å². The van der Waals surface area contributed by atoms with Crippen molar-refractivity contribution in [3.63, 3.8) is 0 Å². The average molecular weight is 384 g/mol. The first-order valence-corrected chi connectivity index (χ1v) is 9.70. The number of aliphatic carboxylic acids is 2. The minimum absolute atomic E-state index is 0. The second kappa shape index (κ2) is 23.7. The van der Waals surface area contributed by atoms with E-state index in [1.807, 2.05) is 0 Å². The van der Waals surface area contributed by atoms with Crippen molar-refractivity contribution in [2.45, 2.75) is 103 Å². The minimum Gasteiger partial charge on any atom is -0.545 e. The second-order valence-electron chi connectivity index (χ2n) is 6.62. The van der Waals surface area contributed by atoms with E-state index in [9.17, 15) is 19.8 Å². The molecule has 0 radical (unpaired) electrons. The molecule has 0 aliphatic rings. The summed E-state index contributed by atoms with van der Waals surface area (Å²) < 4.78 is 0. The van der Waals surface area contributed by atoms with Crippen LogP contribution in [0.4, 0.5) is 0 Å². The summed E-state index contributed by atoms with van der Waals surface area (Å²) in [5.41, 5.74) is -0.172. The van der Waals surface area contributed by atoms with E-state index in [2.05, 4.69) is 6.92 Å². The van der Waals surface area contributed by atoms with Crippen LogP contribution in [0.1, 0.15) is 103 Å². The van der Waals surface area contributed by atoms with E-state index in [0.717, 1.165) is 12.8 Å². The van der Waals surface area contributed by atoms with Gasteiger partial charge in [0, 0.05) is 0 Å². The van der Waals surface area contributed by atoms with Gasteiger partial charge in [-0.15, -0.1) is 0 Å². The molecule has 0 aromatic heterocycles. The van der Waals surface area contributed by atoms with Gasteiger partial charge in [0.05, 0.1) is 11.9 Å². The number of carboxylic acid groups (broad SMARTS) is 2. The summed E-state index contributed by atoms with van der Waals surface area (Å²) in [7, 11) is 0. The quantitative estimate of drug-likeness (QED) is 0.155. The van der Waals surface area contributed by atoms with Crippen LogP contribution in [-0.4, -0.2) is 11.9 Å². The molecule has 140 valence electrons. The van der Waals surface area contributed by atoms with Gasteiger partial charge in [-0.1, -0.05) is 90.4 Å². The molecule has 4 nitrogen and oxygen atoms in total. The van der Waals surface area contributed by atoms with E-state index < -0.39 is 11.9 Å². The molecule has 0 unspecified atom stereocenters. The van der Waals surface area contributed by atoms with E-state index >= 15 is 0 Å². The summed E-state index contributed by atoms with van der Waals surface area (Å²) in [5, 5.41) is 21.1. The number of carbonyl (C=O) groups excluding carboxylic acids is 2. The fourth-order valence-electron chi connectivity index (χ4n) is 2.89. The van der Waals surface area contributed by atoms with Crippen LogP contribution >= 0.6 is 0 Å². The van der Waals surface area contributed by atoms with Gasteiger partial charge in [0.15, 0.2) is 0 Å². The van der Waals surface area contributed by atoms with E-state index in [1.54, 1.807) is 0 Å². The van der Waals surface area contributed by atoms with Crippen molar-refractivity contribution in [2.24, 2.45) is 0 Å². The fourth-order valence-corrected chi connectivity index (χ4v) is 2.89. The molecule has 0 saturated heterocycles. The smallest absolute Gasteiger partial charge is 0.545 e. The van der Waals surface area contributed by atoms with Crippen molar-refractivity contribution in [3.8, 4) is 0 Å². The van der Waals surface area contributed by atoms with Crippen LogP contribution in [0.3, 0.4) is 0 Å². The van der Waals surface area contributed by atoms with Gasteiger partial charge in [0.1, 0.15) is 0 Å². The van der Waals surface area contributed by atoms with Crippen LogP contribution in [0.5, 0.6) is 0 Å². The Morgan fingerprint density at radius 3 is 1.31 bits per heavy atom. The number of hydrogen-bond acceptors (Lipinski definition) is 4. The topological polar surface area (TPSA) is 80.3 Å². The van der Waals surface area contributed by atoms with Crippen LogP contribution in [0.2, 0.25) is 0 Å². The first-order valence-electron chi connectivity index (χ1n) is 9.70. The van der Waals surface area contributed by atoms with Crippen molar-refractivity contribution in [1.29, 1.82) is 0 Å². The third kappa shape index (κ3) is 22.7. The molecule has 0 bridgehead atoms. The molecule has 0 saturated carbocycles. The number of rotatable bonds is 17. The molecule has 0 N–H and O–H groups in total. The van der Waals surface area contributed by atoms with Crippen LogP contribution < -0.4 is 69.3 Å². The van der Waals surface area contributed by atoms with Crippen molar-refractivity contribution < 1.29 is 78.9 Å². The molecule has 0 amide bonds. The van der Waals surface area contributed by atoms with Gasteiger partial charge in [0.25, 0.3) is 0 Å². The van der Waals surface area contributed by atoms with Crippen LogP contribution in [0, 0.1) is 0 Å². The molecular formula is C20H34Na2O4. The number of carbonyl (C=O) groups is 2. The molecular weight excluding hydrogens is 350 g/mol. The molecule has 0 fully saturated rings. The zero-order valence-electron chi connectivity index (χ0n) is 17.3. The molecule has 0 rings (SSSR count). The number of carboxylic acids is 2. The summed E-state index contributed by atoms with van der Waals surface area (Å²) in [4.78, 5) is 21.1. The molecule has 0 aromatic carbocycles. The maximum Gasteiger partial charge on any atom is 1.00 e. The number of unbranched alkanes of at least 4 members (excludes halogenated alkanes) is 13. The van der Waals surface area contributed by atoms with Crippen molar-refractivity contribution in [3.05, 3.63) is 11.6 Å². The van der Waals surface area contributed by atoms with Crippen LogP contribution in [-0.2, 0) is 9.59 Å². The SMILES string of the molecule is CCCCCCCCCCCCCCCC/C(=C/C(=O)[O-])C(=O)[O-].[Na+].[Na+]. The normalized spacial score (nSPS) is 10.7. The van der Waals surface area contributed by atoms with Gasteiger partial charge in [-0.3, -0.25) is 0 Å². The molecule has 0 heterocycles. The summed E-state index contributed by atoms with van der Waals surface area (Å²) in [5.74, 6) is -2.88. The van der Waals surface area contributed by atoms with Crippen molar-refractivity contribution in [1.82, 2.24) is 0 Å². The van der Waals surface area contributed by atoms with Crippen molar-refractivity contribution in [2.75, 3.05) is 0 Å². The van der Waals surface area contributed by atoms with E-state index in [0.29, 0.717) is 12.5 Å². The van der Waals surface area contributed by atoms with E-state index in [1.165, 1.54) is 70.6 Å². The minimum atomic E-state index is -1.47. The Bertz CT molecular complexity index is 371. The Morgan fingerprint density at radius 2 is 1.00 bits per heavy atom. The van der Waals surface area contributed by atoms with Crippen LogP contribution in [0.15, 0.2) is 11.6 Å². The maximum absolute atomic E-state index is 10.7. The van der Waals surface area contributed by atoms with Gasteiger partial charge in [0.2, 0.25) is 0 Å². The molecule has 6 heteroatoms. The predicted octanol–water partition coefficient (Wildman–Crippen LogP) is -2.71. The third-order valence-electron chi connectivity index (χ3n) is 4.35. The van der Waals surface area contributed by atoms with Crippen LogP contribution in [0.25, 0.3) is 0 Å².